The molecule has 2 aromatic heterocycles. The molecule has 0 fully saturated rings. The van der Waals surface area contributed by atoms with Gasteiger partial charge in [0, 0.05) is 18.8 Å². The standard InChI is InChI=1S/C14H20N2OS/c1-12-10-14(18-11-12)17-9-5-3-2-4-6-13-15-7-8-16-13/h7-8,10-11H,2-6,9H2,1H3,(H,15,16). The summed E-state index contributed by atoms with van der Waals surface area (Å²) < 4.78 is 5.68. The number of thiophene rings is 1. The van der Waals surface area contributed by atoms with Gasteiger partial charge in [0.15, 0.2) is 5.06 Å². The molecular weight excluding hydrogens is 244 g/mol. The Morgan fingerprint density at radius 2 is 2.17 bits per heavy atom. The number of imidazole rings is 1. The minimum Gasteiger partial charge on any atom is -0.484 e. The maximum atomic E-state index is 5.68. The third kappa shape index (κ3) is 4.53. The van der Waals surface area contributed by atoms with Crippen LogP contribution in [0.4, 0.5) is 0 Å². The van der Waals surface area contributed by atoms with Crippen LogP contribution < -0.4 is 4.74 Å². The maximum Gasteiger partial charge on any atom is 0.173 e. The van der Waals surface area contributed by atoms with Crippen LogP contribution in [0.1, 0.15) is 37.1 Å². The maximum absolute atomic E-state index is 5.68. The molecular formula is C14H20N2OS. The molecule has 2 aromatic rings. The molecule has 18 heavy (non-hydrogen) atoms. The van der Waals surface area contributed by atoms with E-state index in [1.807, 2.05) is 12.4 Å². The van der Waals surface area contributed by atoms with Crippen LogP contribution in [0.25, 0.3) is 0 Å². The van der Waals surface area contributed by atoms with Crippen molar-refractivity contribution in [2.45, 2.75) is 39.0 Å². The van der Waals surface area contributed by atoms with Crippen LogP contribution in [-0.2, 0) is 6.42 Å². The van der Waals surface area contributed by atoms with E-state index >= 15 is 0 Å². The van der Waals surface area contributed by atoms with Crippen LogP contribution in [0.15, 0.2) is 23.8 Å². The predicted molar refractivity (Wildman–Crippen MR) is 75.3 cm³/mol. The lowest BCUT2D eigenvalue weighted by Crippen LogP contribution is -1.96. The van der Waals surface area contributed by atoms with Crippen molar-refractivity contribution in [1.82, 2.24) is 9.97 Å². The lowest BCUT2D eigenvalue weighted by Gasteiger charge is -2.03. The summed E-state index contributed by atoms with van der Waals surface area (Å²) in [7, 11) is 0. The van der Waals surface area contributed by atoms with E-state index in [9.17, 15) is 0 Å². The number of ether oxygens (including phenoxy) is 1. The second kappa shape index (κ2) is 7.21. The quantitative estimate of drug-likeness (QED) is 0.733. The molecule has 4 heteroatoms. The lowest BCUT2D eigenvalue weighted by atomic mass is 10.1. The van der Waals surface area contributed by atoms with Gasteiger partial charge in [-0.25, -0.2) is 4.98 Å². The van der Waals surface area contributed by atoms with E-state index in [-0.39, 0.29) is 0 Å². The summed E-state index contributed by atoms with van der Waals surface area (Å²) in [6, 6.07) is 2.10. The van der Waals surface area contributed by atoms with Gasteiger partial charge in [-0.1, -0.05) is 12.8 Å². The molecule has 0 amide bonds. The Morgan fingerprint density at radius 3 is 2.89 bits per heavy atom. The van der Waals surface area contributed by atoms with Crippen LogP contribution in [0.3, 0.4) is 0 Å². The summed E-state index contributed by atoms with van der Waals surface area (Å²) in [6.07, 6.45) is 9.55. The number of nitrogens with one attached hydrogen (secondary N) is 1. The summed E-state index contributed by atoms with van der Waals surface area (Å²) >= 11 is 1.68. The van der Waals surface area contributed by atoms with Crippen LogP contribution in [-0.4, -0.2) is 16.6 Å². The van der Waals surface area contributed by atoms with Crippen LogP contribution >= 0.6 is 11.3 Å². The largest absolute Gasteiger partial charge is 0.484 e. The van der Waals surface area contributed by atoms with Gasteiger partial charge in [-0.05, 0) is 36.8 Å². The predicted octanol–water partition coefficient (Wildman–Crippen LogP) is 3.96. The van der Waals surface area contributed by atoms with Crippen LogP contribution in [0.2, 0.25) is 0 Å². The van der Waals surface area contributed by atoms with Crippen molar-refractivity contribution in [3.05, 3.63) is 35.2 Å². The Balaban J connectivity index is 1.46. The highest BCUT2D eigenvalue weighted by atomic mass is 32.1. The summed E-state index contributed by atoms with van der Waals surface area (Å²) in [4.78, 5) is 7.34. The Bertz CT molecular complexity index is 436. The van der Waals surface area contributed by atoms with E-state index in [4.69, 9.17) is 4.74 Å². The molecule has 0 aliphatic carbocycles. The molecule has 0 saturated carbocycles. The van der Waals surface area contributed by atoms with E-state index < -0.39 is 0 Å². The van der Waals surface area contributed by atoms with Crippen molar-refractivity contribution < 1.29 is 4.74 Å². The smallest absolute Gasteiger partial charge is 0.173 e. The lowest BCUT2D eigenvalue weighted by molar-refractivity contribution is 0.313. The molecule has 0 unspecified atom stereocenters. The number of aryl methyl sites for hydroxylation is 2. The molecule has 3 nitrogen and oxygen atoms in total. The first-order valence-electron chi connectivity index (χ1n) is 6.51. The molecule has 1 N–H and O–H groups in total. The van der Waals surface area contributed by atoms with Crippen molar-refractivity contribution in [1.29, 1.82) is 0 Å². The Kier molecular flexibility index (Phi) is 5.27. The zero-order valence-corrected chi connectivity index (χ0v) is 11.6. The van der Waals surface area contributed by atoms with Gasteiger partial charge < -0.3 is 9.72 Å². The second-order valence-corrected chi connectivity index (χ2v) is 5.37. The van der Waals surface area contributed by atoms with E-state index in [2.05, 4.69) is 28.3 Å². The first-order valence-corrected chi connectivity index (χ1v) is 7.39. The average molecular weight is 264 g/mol. The fourth-order valence-corrected chi connectivity index (χ4v) is 2.61. The van der Waals surface area contributed by atoms with Gasteiger partial charge in [0.05, 0.1) is 6.61 Å². The number of aromatic nitrogens is 2. The molecule has 98 valence electrons. The van der Waals surface area contributed by atoms with Crippen LogP contribution in [0, 0.1) is 6.92 Å². The van der Waals surface area contributed by atoms with Crippen molar-refractivity contribution in [3.8, 4) is 5.06 Å². The van der Waals surface area contributed by atoms with E-state index in [0.29, 0.717) is 0 Å². The fourth-order valence-electron chi connectivity index (χ4n) is 1.84. The third-order valence-electron chi connectivity index (χ3n) is 2.81. The zero-order valence-electron chi connectivity index (χ0n) is 10.8. The van der Waals surface area contributed by atoms with E-state index in [1.54, 1.807) is 11.3 Å². The van der Waals surface area contributed by atoms with Crippen molar-refractivity contribution >= 4 is 11.3 Å². The summed E-state index contributed by atoms with van der Waals surface area (Å²) in [5.41, 5.74) is 1.29. The van der Waals surface area contributed by atoms with Gasteiger partial charge in [0.1, 0.15) is 5.82 Å². The van der Waals surface area contributed by atoms with Gasteiger partial charge in [-0.3, -0.25) is 0 Å². The number of H-pyrrole nitrogens is 1. The van der Waals surface area contributed by atoms with E-state index in [0.717, 1.165) is 30.3 Å². The van der Waals surface area contributed by atoms with Crippen LogP contribution in [0.5, 0.6) is 5.06 Å². The molecule has 2 heterocycles. The number of unbranched alkanes of at least 4 members (excludes halogenated alkanes) is 3. The van der Waals surface area contributed by atoms with Gasteiger partial charge in [0.25, 0.3) is 0 Å². The molecule has 0 atom stereocenters. The van der Waals surface area contributed by atoms with Crippen molar-refractivity contribution in [3.63, 3.8) is 0 Å². The molecule has 0 radical (unpaired) electrons. The summed E-state index contributed by atoms with van der Waals surface area (Å²) in [5, 5.41) is 3.17. The first-order chi connectivity index (χ1) is 8.84. The van der Waals surface area contributed by atoms with Crippen molar-refractivity contribution in [2.75, 3.05) is 6.61 Å². The highest BCUT2D eigenvalue weighted by Crippen LogP contribution is 2.22. The zero-order chi connectivity index (χ0) is 12.6. The molecule has 2 rings (SSSR count). The summed E-state index contributed by atoms with van der Waals surface area (Å²) in [5.74, 6) is 1.10. The number of aromatic amines is 1. The highest BCUT2D eigenvalue weighted by Gasteiger charge is 1.98. The van der Waals surface area contributed by atoms with E-state index in [1.165, 1.54) is 24.8 Å². The molecule has 0 aliphatic heterocycles. The number of nitrogens with zero attached hydrogens (tertiary/aromatic N) is 1. The molecule has 0 saturated heterocycles. The number of hydrogen-bond acceptors (Lipinski definition) is 3. The second-order valence-electron chi connectivity index (χ2n) is 4.49. The summed E-state index contributed by atoms with van der Waals surface area (Å²) in [6.45, 7) is 2.93. The fraction of sp³-hybridized carbons (Fsp3) is 0.500. The van der Waals surface area contributed by atoms with Crippen molar-refractivity contribution in [2.24, 2.45) is 0 Å². The first kappa shape index (κ1) is 13.1. The SMILES string of the molecule is Cc1csc(OCCCCCCc2ncc[nH]2)c1. The van der Waals surface area contributed by atoms with Gasteiger partial charge >= 0.3 is 0 Å². The van der Waals surface area contributed by atoms with Gasteiger partial charge in [-0.2, -0.15) is 0 Å². The third-order valence-corrected chi connectivity index (χ3v) is 3.77. The minimum atomic E-state index is 0.834. The Morgan fingerprint density at radius 1 is 1.28 bits per heavy atom. The van der Waals surface area contributed by atoms with Gasteiger partial charge in [0.2, 0.25) is 0 Å². The Labute approximate surface area is 112 Å². The van der Waals surface area contributed by atoms with Gasteiger partial charge in [-0.15, -0.1) is 11.3 Å². The topological polar surface area (TPSA) is 37.9 Å². The highest BCUT2D eigenvalue weighted by molar-refractivity contribution is 7.12. The Hall–Kier alpha value is -1.29. The minimum absolute atomic E-state index is 0.834. The molecule has 0 bridgehead atoms. The number of hydrogen-bond donors (Lipinski definition) is 1. The monoisotopic (exact) mass is 264 g/mol. The number of rotatable bonds is 8. The average Bonchev–Trinajstić information content (AvgIpc) is 3.00. The molecule has 0 aromatic carbocycles. The molecule has 0 aliphatic rings. The molecule has 0 spiro atoms. The normalized spacial score (nSPS) is 10.7.